The second-order valence-corrected chi connectivity index (χ2v) is 5.78. The summed E-state index contributed by atoms with van der Waals surface area (Å²) in [6.07, 6.45) is 4.85. The minimum atomic E-state index is 0.289. The summed E-state index contributed by atoms with van der Waals surface area (Å²) < 4.78 is 11.2. The maximum Gasteiger partial charge on any atom is 0.217 e. The minimum Gasteiger partial charge on any atom is -0.474 e. The fourth-order valence-electron chi connectivity index (χ4n) is 2.45. The molecular weight excluding hydrogens is 248 g/mol. The monoisotopic (exact) mass is 270 g/mol. The number of nitrogens with one attached hydrogen (secondary N) is 1. The van der Waals surface area contributed by atoms with Crippen molar-refractivity contribution in [3.05, 3.63) is 22.1 Å². The third-order valence-electron chi connectivity index (χ3n) is 3.38. The van der Waals surface area contributed by atoms with Gasteiger partial charge in [-0.3, -0.25) is 0 Å². The predicted molar refractivity (Wildman–Crippen MR) is 73.9 cm³/mol. The third kappa shape index (κ3) is 2.78. The average Bonchev–Trinajstić information content (AvgIpc) is 2.35. The van der Waals surface area contributed by atoms with E-state index in [1.54, 1.807) is 0 Å². The van der Waals surface area contributed by atoms with E-state index in [9.17, 15) is 0 Å². The van der Waals surface area contributed by atoms with Crippen molar-refractivity contribution in [3.63, 3.8) is 0 Å². The molecule has 18 heavy (non-hydrogen) atoms. The average molecular weight is 270 g/mol. The molecule has 3 N–H and O–H groups in total. The second kappa shape index (κ2) is 5.89. The molecule has 0 radical (unpaired) electrons. The number of hydroxylamine groups is 1. The predicted octanol–water partition coefficient (Wildman–Crippen LogP) is 3.19. The molecule has 0 fully saturated rings. The third-order valence-corrected chi connectivity index (χ3v) is 4.26. The molecule has 2 atom stereocenters. The minimum absolute atomic E-state index is 0.289. The van der Waals surface area contributed by atoms with Crippen LogP contribution < -0.4 is 11.2 Å². The van der Waals surface area contributed by atoms with Crippen molar-refractivity contribution in [2.24, 2.45) is 11.7 Å². The lowest BCUT2D eigenvalue weighted by Crippen LogP contribution is -2.33. The SMILES string of the molecule is CCCCC1CC(C)C2=C(NOS/C2=C(\C)N)O1. The van der Waals surface area contributed by atoms with E-state index < -0.39 is 0 Å². The number of ether oxygens (including phenoxy) is 1. The molecule has 102 valence electrons. The molecule has 0 bridgehead atoms. The van der Waals surface area contributed by atoms with E-state index in [4.69, 9.17) is 14.8 Å². The molecule has 0 saturated heterocycles. The summed E-state index contributed by atoms with van der Waals surface area (Å²) in [5.41, 5.74) is 10.7. The normalized spacial score (nSPS) is 30.4. The van der Waals surface area contributed by atoms with Gasteiger partial charge in [0.05, 0.1) is 16.9 Å². The van der Waals surface area contributed by atoms with Crippen molar-refractivity contribution in [2.75, 3.05) is 0 Å². The van der Waals surface area contributed by atoms with Crippen LogP contribution in [-0.4, -0.2) is 6.10 Å². The number of rotatable bonds is 3. The first-order valence-electron chi connectivity index (χ1n) is 6.60. The highest BCUT2D eigenvalue weighted by Crippen LogP contribution is 2.42. The van der Waals surface area contributed by atoms with Gasteiger partial charge in [0.15, 0.2) is 0 Å². The van der Waals surface area contributed by atoms with Gasteiger partial charge in [0.25, 0.3) is 0 Å². The zero-order valence-corrected chi connectivity index (χ0v) is 12.1. The summed E-state index contributed by atoms with van der Waals surface area (Å²) in [6.45, 7) is 6.33. The first-order valence-corrected chi connectivity index (χ1v) is 7.34. The Kier molecular flexibility index (Phi) is 4.45. The molecule has 5 heteroatoms. The standard InChI is InChI=1S/C13H22N2O2S/c1-4-5-6-10-7-8(2)11-12(9(3)14)18-17-15-13(11)16-10/h8,10,15H,4-7,14H2,1-3H3/b12-9+. The fraction of sp³-hybridized carbons (Fsp3) is 0.692. The summed E-state index contributed by atoms with van der Waals surface area (Å²) in [4.78, 5) is 1.00. The molecule has 0 aliphatic carbocycles. The molecule has 0 aromatic heterocycles. The number of hydrogen-bond acceptors (Lipinski definition) is 5. The number of unbranched alkanes of at least 4 members (excludes halogenated alkanes) is 1. The van der Waals surface area contributed by atoms with Gasteiger partial charge in [-0.2, -0.15) is 4.28 Å². The topological polar surface area (TPSA) is 56.5 Å². The maximum atomic E-state index is 5.98. The van der Waals surface area contributed by atoms with Crippen molar-refractivity contribution < 1.29 is 9.02 Å². The fourth-order valence-corrected chi connectivity index (χ4v) is 3.17. The van der Waals surface area contributed by atoms with Crippen LogP contribution in [0.4, 0.5) is 0 Å². The van der Waals surface area contributed by atoms with Crippen molar-refractivity contribution in [1.82, 2.24) is 5.48 Å². The molecule has 0 spiro atoms. The van der Waals surface area contributed by atoms with Crippen LogP contribution in [0.1, 0.15) is 46.5 Å². The molecule has 2 aliphatic rings. The van der Waals surface area contributed by atoms with E-state index in [0.29, 0.717) is 5.92 Å². The zero-order chi connectivity index (χ0) is 13.1. The quantitative estimate of drug-likeness (QED) is 0.771. The van der Waals surface area contributed by atoms with Gasteiger partial charge in [0.2, 0.25) is 5.88 Å². The van der Waals surface area contributed by atoms with Crippen LogP contribution in [-0.2, 0) is 9.02 Å². The Morgan fingerprint density at radius 2 is 2.33 bits per heavy atom. The van der Waals surface area contributed by atoms with Crippen LogP contribution in [0, 0.1) is 5.92 Å². The molecule has 0 amide bonds. The highest BCUT2D eigenvalue weighted by molar-refractivity contribution is 7.98. The summed E-state index contributed by atoms with van der Waals surface area (Å²) >= 11 is 1.29. The van der Waals surface area contributed by atoms with E-state index in [0.717, 1.165) is 29.3 Å². The Hall–Kier alpha value is -0.810. The van der Waals surface area contributed by atoms with Crippen molar-refractivity contribution in [2.45, 2.75) is 52.6 Å². The van der Waals surface area contributed by atoms with Crippen LogP contribution >= 0.6 is 12.0 Å². The van der Waals surface area contributed by atoms with Gasteiger partial charge in [-0.1, -0.05) is 26.7 Å². The maximum absolute atomic E-state index is 5.98. The summed E-state index contributed by atoms with van der Waals surface area (Å²) in [5.74, 6) is 1.21. The first-order chi connectivity index (χ1) is 8.63. The van der Waals surface area contributed by atoms with E-state index in [-0.39, 0.29) is 6.10 Å². The lowest BCUT2D eigenvalue weighted by molar-refractivity contribution is 0.0225. The molecule has 2 aliphatic heterocycles. The molecule has 2 unspecified atom stereocenters. The Morgan fingerprint density at radius 3 is 3.00 bits per heavy atom. The van der Waals surface area contributed by atoms with Crippen molar-refractivity contribution >= 4 is 12.0 Å². The molecule has 2 heterocycles. The van der Waals surface area contributed by atoms with E-state index in [2.05, 4.69) is 19.3 Å². The lowest BCUT2D eigenvalue weighted by Gasteiger charge is -2.35. The Labute approximate surface area is 113 Å². The van der Waals surface area contributed by atoms with Gasteiger partial charge in [0.1, 0.15) is 6.10 Å². The lowest BCUT2D eigenvalue weighted by atomic mass is 9.90. The Morgan fingerprint density at radius 1 is 1.56 bits per heavy atom. The van der Waals surface area contributed by atoms with Crippen LogP contribution in [0.15, 0.2) is 22.1 Å². The second-order valence-electron chi connectivity index (χ2n) is 5.04. The van der Waals surface area contributed by atoms with Gasteiger partial charge in [-0.05, 0) is 25.7 Å². The molecule has 0 saturated carbocycles. The zero-order valence-electron chi connectivity index (χ0n) is 11.3. The Balaban J connectivity index is 2.19. The van der Waals surface area contributed by atoms with Gasteiger partial charge < -0.3 is 10.5 Å². The molecule has 0 aromatic carbocycles. The van der Waals surface area contributed by atoms with Gasteiger partial charge in [0, 0.05) is 11.3 Å². The van der Waals surface area contributed by atoms with Crippen LogP contribution in [0.25, 0.3) is 0 Å². The molecule has 2 rings (SSSR count). The summed E-state index contributed by atoms with van der Waals surface area (Å²) in [6, 6.07) is 0. The number of hydrogen-bond donors (Lipinski definition) is 2. The number of nitrogens with two attached hydrogens (primary N) is 1. The van der Waals surface area contributed by atoms with Gasteiger partial charge >= 0.3 is 0 Å². The van der Waals surface area contributed by atoms with E-state index in [1.165, 1.54) is 30.5 Å². The van der Waals surface area contributed by atoms with Crippen molar-refractivity contribution in [1.29, 1.82) is 0 Å². The summed E-state index contributed by atoms with van der Waals surface area (Å²) in [7, 11) is 0. The molecular formula is C13H22N2O2S. The van der Waals surface area contributed by atoms with Gasteiger partial charge in [-0.25, -0.2) is 5.48 Å². The van der Waals surface area contributed by atoms with Crippen molar-refractivity contribution in [3.8, 4) is 0 Å². The summed E-state index contributed by atoms with van der Waals surface area (Å²) in [5, 5.41) is 0. The van der Waals surface area contributed by atoms with E-state index in [1.807, 2.05) is 6.92 Å². The van der Waals surface area contributed by atoms with Gasteiger partial charge in [-0.15, -0.1) is 0 Å². The molecule has 4 nitrogen and oxygen atoms in total. The highest BCUT2D eigenvalue weighted by Gasteiger charge is 2.33. The van der Waals surface area contributed by atoms with Crippen LogP contribution in [0.2, 0.25) is 0 Å². The van der Waals surface area contributed by atoms with Crippen LogP contribution in [0.5, 0.6) is 0 Å². The number of allylic oxidation sites excluding steroid dienone is 2. The molecule has 0 aromatic rings. The largest absolute Gasteiger partial charge is 0.474 e. The highest BCUT2D eigenvalue weighted by atomic mass is 32.2. The Bertz CT molecular complexity index is 375. The first kappa shape index (κ1) is 13.6. The van der Waals surface area contributed by atoms with E-state index >= 15 is 0 Å². The van der Waals surface area contributed by atoms with Crippen LogP contribution in [0.3, 0.4) is 0 Å². The smallest absolute Gasteiger partial charge is 0.217 e.